The summed E-state index contributed by atoms with van der Waals surface area (Å²) in [4.78, 5) is 35.9. The molecule has 3 rings (SSSR count). The second-order valence-electron chi connectivity index (χ2n) is 3.71. The molecular weight excluding hydrogens is 246 g/mol. The van der Waals surface area contributed by atoms with E-state index in [1.165, 1.54) is 10.8 Å². The van der Waals surface area contributed by atoms with Gasteiger partial charge >= 0.3 is 17.1 Å². The second-order valence-corrected chi connectivity index (χ2v) is 3.71. The summed E-state index contributed by atoms with van der Waals surface area (Å²) in [5, 5.41) is 2.62. The molecule has 0 saturated carbocycles. The SMILES string of the molecule is O=c1[nH]c(=O)[nH]c(=O)[nH]1.c1ccc2ccccc2c1. The molecule has 0 spiro atoms. The summed E-state index contributed by atoms with van der Waals surface area (Å²) in [5.74, 6) is 0. The van der Waals surface area contributed by atoms with Gasteiger partial charge in [0.2, 0.25) is 0 Å². The Balaban J connectivity index is 0.000000141. The van der Waals surface area contributed by atoms with E-state index in [0.29, 0.717) is 0 Å². The van der Waals surface area contributed by atoms with Crippen molar-refractivity contribution < 1.29 is 0 Å². The van der Waals surface area contributed by atoms with Crippen LogP contribution in [-0.2, 0) is 0 Å². The van der Waals surface area contributed by atoms with Gasteiger partial charge in [0.05, 0.1) is 0 Å². The van der Waals surface area contributed by atoms with E-state index in [-0.39, 0.29) is 0 Å². The van der Waals surface area contributed by atoms with E-state index in [0.717, 1.165) is 0 Å². The molecule has 96 valence electrons. The monoisotopic (exact) mass is 257 g/mol. The van der Waals surface area contributed by atoms with E-state index in [2.05, 4.69) is 48.5 Å². The second kappa shape index (κ2) is 5.63. The van der Waals surface area contributed by atoms with Crippen LogP contribution in [0.4, 0.5) is 0 Å². The fourth-order valence-electron chi connectivity index (χ4n) is 1.54. The number of hydrogen-bond donors (Lipinski definition) is 3. The summed E-state index contributed by atoms with van der Waals surface area (Å²) in [6.07, 6.45) is 0. The van der Waals surface area contributed by atoms with Crippen LogP contribution in [0.15, 0.2) is 62.9 Å². The van der Waals surface area contributed by atoms with Gasteiger partial charge in [0, 0.05) is 0 Å². The zero-order chi connectivity index (χ0) is 13.7. The molecule has 0 aliphatic rings. The van der Waals surface area contributed by atoms with Crippen molar-refractivity contribution in [3.63, 3.8) is 0 Å². The summed E-state index contributed by atoms with van der Waals surface area (Å²) < 4.78 is 0. The average molecular weight is 257 g/mol. The summed E-state index contributed by atoms with van der Waals surface area (Å²) in [6.45, 7) is 0. The van der Waals surface area contributed by atoms with E-state index >= 15 is 0 Å². The molecule has 1 aromatic heterocycles. The number of nitrogens with one attached hydrogen (secondary N) is 3. The van der Waals surface area contributed by atoms with E-state index in [9.17, 15) is 14.4 Å². The maximum atomic E-state index is 10.2. The van der Waals surface area contributed by atoms with Crippen LogP contribution >= 0.6 is 0 Å². The van der Waals surface area contributed by atoms with Gasteiger partial charge < -0.3 is 0 Å². The lowest BCUT2D eigenvalue weighted by atomic mass is 10.1. The average Bonchev–Trinajstić information content (AvgIpc) is 2.38. The minimum atomic E-state index is -0.802. The molecule has 0 fully saturated rings. The van der Waals surface area contributed by atoms with Gasteiger partial charge in [-0.05, 0) is 10.8 Å². The first-order valence-corrected chi connectivity index (χ1v) is 5.52. The molecule has 1 heterocycles. The van der Waals surface area contributed by atoms with Crippen LogP contribution in [0.25, 0.3) is 10.8 Å². The third-order valence-corrected chi connectivity index (χ3v) is 2.34. The highest BCUT2D eigenvalue weighted by molar-refractivity contribution is 5.81. The van der Waals surface area contributed by atoms with Crippen molar-refractivity contribution in [1.82, 2.24) is 15.0 Å². The highest BCUT2D eigenvalue weighted by atomic mass is 16.2. The fraction of sp³-hybridized carbons (Fsp3) is 0. The number of benzene rings is 2. The topological polar surface area (TPSA) is 98.6 Å². The Kier molecular flexibility index (Phi) is 3.72. The summed E-state index contributed by atoms with van der Waals surface area (Å²) >= 11 is 0. The van der Waals surface area contributed by atoms with E-state index in [1.54, 1.807) is 15.0 Å². The Morgan fingerprint density at radius 2 is 0.789 bits per heavy atom. The van der Waals surface area contributed by atoms with Gasteiger partial charge in [-0.15, -0.1) is 0 Å². The lowest BCUT2D eigenvalue weighted by Gasteiger charge is -1.92. The molecule has 0 aliphatic heterocycles. The van der Waals surface area contributed by atoms with Crippen LogP contribution < -0.4 is 17.1 Å². The molecule has 3 aromatic rings. The normalized spacial score (nSPS) is 9.68. The van der Waals surface area contributed by atoms with Crippen LogP contribution in [0.1, 0.15) is 0 Å². The highest BCUT2D eigenvalue weighted by Gasteiger charge is 1.85. The van der Waals surface area contributed by atoms with Gasteiger partial charge in [0.15, 0.2) is 0 Å². The molecule has 2 aromatic carbocycles. The van der Waals surface area contributed by atoms with Crippen molar-refractivity contribution in [2.24, 2.45) is 0 Å². The van der Waals surface area contributed by atoms with Crippen molar-refractivity contribution in [1.29, 1.82) is 0 Å². The smallest absolute Gasteiger partial charge is 0.259 e. The number of fused-ring (bicyclic) bond motifs is 1. The molecule has 0 unspecified atom stereocenters. The molecule has 0 aliphatic carbocycles. The molecule has 3 N–H and O–H groups in total. The Morgan fingerprint density at radius 3 is 1.05 bits per heavy atom. The molecule has 0 atom stereocenters. The minimum absolute atomic E-state index is 0.802. The first-order chi connectivity index (χ1) is 9.15. The van der Waals surface area contributed by atoms with Crippen LogP contribution in [0.2, 0.25) is 0 Å². The van der Waals surface area contributed by atoms with Gasteiger partial charge in [-0.25, -0.2) is 14.4 Å². The largest absolute Gasteiger partial charge is 0.330 e. The number of H-pyrrole nitrogens is 3. The predicted octanol–water partition coefficient (Wildman–Crippen LogP) is 0.591. The van der Waals surface area contributed by atoms with Gasteiger partial charge in [-0.1, -0.05) is 48.5 Å². The summed E-state index contributed by atoms with van der Waals surface area (Å²) in [6, 6.07) is 16.7. The number of rotatable bonds is 0. The van der Waals surface area contributed by atoms with Crippen molar-refractivity contribution in [3.05, 3.63) is 80.0 Å². The number of aromatic nitrogens is 3. The van der Waals surface area contributed by atoms with Gasteiger partial charge in [-0.3, -0.25) is 15.0 Å². The predicted molar refractivity (Wildman–Crippen MR) is 72.3 cm³/mol. The maximum Gasteiger partial charge on any atom is 0.330 e. The lowest BCUT2D eigenvalue weighted by Crippen LogP contribution is -2.34. The Labute approximate surface area is 106 Å². The molecule has 19 heavy (non-hydrogen) atoms. The zero-order valence-corrected chi connectivity index (χ0v) is 9.84. The Morgan fingerprint density at radius 1 is 0.526 bits per heavy atom. The first kappa shape index (κ1) is 12.6. The molecule has 6 nitrogen and oxygen atoms in total. The zero-order valence-electron chi connectivity index (χ0n) is 9.84. The third-order valence-electron chi connectivity index (χ3n) is 2.34. The van der Waals surface area contributed by atoms with Crippen molar-refractivity contribution in [3.8, 4) is 0 Å². The molecule has 0 bridgehead atoms. The van der Waals surface area contributed by atoms with Crippen LogP contribution in [-0.4, -0.2) is 15.0 Å². The van der Waals surface area contributed by atoms with Crippen LogP contribution in [0, 0.1) is 0 Å². The summed E-state index contributed by atoms with van der Waals surface area (Å²) in [7, 11) is 0. The number of aromatic amines is 3. The van der Waals surface area contributed by atoms with E-state index in [1.807, 2.05) is 0 Å². The molecule has 6 heteroatoms. The molecule has 0 saturated heterocycles. The molecule has 0 radical (unpaired) electrons. The molecule has 0 amide bonds. The Bertz CT molecular complexity index is 701. The highest BCUT2D eigenvalue weighted by Crippen LogP contribution is 2.11. The van der Waals surface area contributed by atoms with Crippen molar-refractivity contribution in [2.45, 2.75) is 0 Å². The Hall–Kier alpha value is -2.89. The lowest BCUT2D eigenvalue weighted by molar-refractivity contribution is 0.888. The third kappa shape index (κ3) is 3.53. The fourth-order valence-corrected chi connectivity index (χ4v) is 1.54. The van der Waals surface area contributed by atoms with Gasteiger partial charge in [0.1, 0.15) is 0 Å². The maximum absolute atomic E-state index is 10.2. The van der Waals surface area contributed by atoms with E-state index in [4.69, 9.17) is 0 Å². The quantitative estimate of drug-likeness (QED) is 0.549. The van der Waals surface area contributed by atoms with Crippen molar-refractivity contribution >= 4 is 10.8 Å². The van der Waals surface area contributed by atoms with E-state index < -0.39 is 17.1 Å². The van der Waals surface area contributed by atoms with Gasteiger partial charge in [0.25, 0.3) is 0 Å². The minimum Gasteiger partial charge on any atom is -0.259 e. The number of hydrogen-bond acceptors (Lipinski definition) is 3. The van der Waals surface area contributed by atoms with Crippen LogP contribution in [0.5, 0.6) is 0 Å². The standard InChI is InChI=1S/C10H8.C3H3N3O3/c1-2-6-10-8-4-3-7-9(10)5-1;7-1-4-2(8)6-3(9)5-1/h1-8H;(H3,4,5,6,7,8,9). The molecular formula is C13H11N3O3. The van der Waals surface area contributed by atoms with Crippen molar-refractivity contribution in [2.75, 3.05) is 0 Å². The van der Waals surface area contributed by atoms with Gasteiger partial charge in [-0.2, -0.15) is 0 Å². The van der Waals surface area contributed by atoms with Crippen LogP contribution in [0.3, 0.4) is 0 Å². The first-order valence-electron chi connectivity index (χ1n) is 5.52. The summed E-state index contributed by atoms with van der Waals surface area (Å²) in [5.41, 5.74) is -2.41.